The van der Waals surface area contributed by atoms with Crippen LogP contribution in [0.4, 0.5) is 0 Å². The topological polar surface area (TPSA) is 44.8 Å². The molecule has 22 heavy (non-hydrogen) atoms. The Kier molecular flexibility index (Phi) is 5.50. The van der Waals surface area contributed by atoms with Crippen molar-refractivity contribution in [2.75, 3.05) is 6.61 Å². The number of ether oxygens (including phenoxy) is 1. The van der Waals surface area contributed by atoms with Crippen molar-refractivity contribution in [1.82, 2.24) is 0 Å². The van der Waals surface area contributed by atoms with E-state index in [1.807, 2.05) is 65.0 Å². The minimum atomic E-state index is -3.29. The zero-order valence-corrected chi connectivity index (χ0v) is 15.0. The molecule has 1 aromatic rings. The lowest BCUT2D eigenvalue weighted by Crippen LogP contribution is -2.35. The standard InChI is InChI=1S/C17H27O4P/c1-13(2)20-22(18,21-14(3)4)16-11-12-19-17(16,5)15-9-7-6-8-10-15/h6-10,13-14,16H,11-12H2,1-5H3/t16?,17-/m1/s1. The number of benzene rings is 1. The fourth-order valence-electron chi connectivity index (χ4n) is 3.02. The third-order valence-corrected chi connectivity index (χ3v) is 6.82. The molecule has 0 radical (unpaired) electrons. The average Bonchev–Trinajstić information content (AvgIpc) is 2.82. The summed E-state index contributed by atoms with van der Waals surface area (Å²) in [6, 6.07) is 9.92. The van der Waals surface area contributed by atoms with Crippen molar-refractivity contribution in [3.63, 3.8) is 0 Å². The van der Waals surface area contributed by atoms with E-state index in [1.54, 1.807) is 0 Å². The number of hydrogen-bond acceptors (Lipinski definition) is 4. The van der Waals surface area contributed by atoms with Crippen molar-refractivity contribution in [3.05, 3.63) is 35.9 Å². The highest BCUT2D eigenvalue weighted by atomic mass is 31.2. The first kappa shape index (κ1) is 17.7. The summed E-state index contributed by atoms with van der Waals surface area (Å²) in [4.78, 5) is 0. The van der Waals surface area contributed by atoms with Gasteiger partial charge in [0.2, 0.25) is 0 Å². The average molecular weight is 326 g/mol. The SMILES string of the molecule is CC(C)OP(=O)(OC(C)C)C1CCO[C@]1(C)c1ccccc1. The molecule has 0 N–H and O–H groups in total. The predicted octanol–water partition coefficient (Wildman–Crippen LogP) is 4.73. The van der Waals surface area contributed by atoms with Gasteiger partial charge in [0.05, 0.1) is 17.9 Å². The van der Waals surface area contributed by atoms with Gasteiger partial charge in [-0.3, -0.25) is 4.57 Å². The van der Waals surface area contributed by atoms with E-state index in [4.69, 9.17) is 13.8 Å². The molecule has 1 saturated heterocycles. The molecular weight excluding hydrogens is 299 g/mol. The molecule has 124 valence electrons. The molecule has 1 aliphatic rings. The molecule has 1 aromatic carbocycles. The normalized spacial score (nSPS) is 26.0. The van der Waals surface area contributed by atoms with E-state index in [0.717, 1.165) is 5.56 Å². The van der Waals surface area contributed by atoms with E-state index < -0.39 is 13.2 Å². The van der Waals surface area contributed by atoms with Gasteiger partial charge in [-0.2, -0.15) is 0 Å². The molecule has 1 heterocycles. The van der Waals surface area contributed by atoms with Gasteiger partial charge in [-0.1, -0.05) is 30.3 Å². The lowest BCUT2D eigenvalue weighted by Gasteiger charge is -2.36. The Labute approximate surface area is 133 Å². The van der Waals surface area contributed by atoms with Gasteiger partial charge in [0.15, 0.2) is 0 Å². The quantitative estimate of drug-likeness (QED) is 0.709. The summed E-state index contributed by atoms with van der Waals surface area (Å²) >= 11 is 0. The van der Waals surface area contributed by atoms with Crippen LogP contribution in [0.1, 0.15) is 46.6 Å². The third kappa shape index (κ3) is 3.62. The van der Waals surface area contributed by atoms with Crippen LogP contribution in [0.3, 0.4) is 0 Å². The monoisotopic (exact) mass is 326 g/mol. The summed E-state index contributed by atoms with van der Waals surface area (Å²) in [7, 11) is -3.29. The highest BCUT2D eigenvalue weighted by Gasteiger charge is 2.54. The van der Waals surface area contributed by atoms with E-state index in [9.17, 15) is 4.57 Å². The number of hydrogen-bond donors (Lipinski definition) is 0. The molecule has 2 atom stereocenters. The molecule has 1 aliphatic heterocycles. The van der Waals surface area contributed by atoms with Gasteiger partial charge >= 0.3 is 7.60 Å². The van der Waals surface area contributed by atoms with Gasteiger partial charge in [0, 0.05) is 6.61 Å². The molecule has 4 nitrogen and oxygen atoms in total. The highest BCUT2D eigenvalue weighted by Crippen LogP contribution is 2.63. The van der Waals surface area contributed by atoms with Crippen LogP contribution in [-0.4, -0.2) is 24.5 Å². The van der Waals surface area contributed by atoms with Gasteiger partial charge in [-0.05, 0) is 46.6 Å². The molecule has 0 bridgehead atoms. The molecule has 0 aliphatic carbocycles. The third-order valence-electron chi connectivity index (χ3n) is 3.87. The van der Waals surface area contributed by atoms with E-state index in [0.29, 0.717) is 13.0 Å². The molecule has 0 spiro atoms. The van der Waals surface area contributed by atoms with E-state index >= 15 is 0 Å². The van der Waals surface area contributed by atoms with Crippen LogP contribution in [0.2, 0.25) is 0 Å². The maximum atomic E-state index is 13.5. The zero-order valence-electron chi connectivity index (χ0n) is 14.1. The Morgan fingerprint density at radius 2 is 1.68 bits per heavy atom. The predicted molar refractivity (Wildman–Crippen MR) is 88.2 cm³/mol. The maximum absolute atomic E-state index is 13.5. The minimum absolute atomic E-state index is 0.162. The molecule has 1 unspecified atom stereocenters. The van der Waals surface area contributed by atoms with Crippen molar-refractivity contribution in [3.8, 4) is 0 Å². The molecule has 5 heteroatoms. The van der Waals surface area contributed by atoms with Gasteiger partial charge < -0.3 is 13.8 Å². The first-order chi connectivity index (χ1) is 10.3. The minimum Gasteiger partial charge on any atom is -0.370 e. The Balaban J connectivity index is 2.39. The smallest absolute Gasteiger partial charge is 0.337 e. The second-order valence-electron chi connectivity index (χ2n) is 6.47. The van der Waals surface area contributed by atoms with Gasteiger partial charge in [0.25, 0.3) is 0 Å². The van der Waals surface area contributed by atoms with Crippen molar-refractivity contribution in [2.45, 2.75) is 64.5 Å². The number of rotatable bonds is 6. The Morgan fingerprint density at radius 1 is 1.14 bits per heavy atom. The molecule has 0 saturated carbocycles. The van der Waals surface area contributed by atoms with Crippen LogP contribution in [0.5, 0.6) is 0 Å². The largest absolute Gasteiger partial charge is 0.370 e. The van der Waals surface area contributed by atoms with Crippen LogP contribution in [-0.2, 0) is 24.0 Å². The van der Waals surface area contributed by atoms with Crippen LogP contribution in [0.25, 0.3) is 0 Å². The second kappa shape index (κ2) is 6.84. The van der Waals surface area contributed by atoms with Gasteiger partial charge in [0.1, 0.15) is 5.60 Å². The fourth-order valence-corrected chi connectivity index (χ4v) is 5.79. The first-order valence-electron chi connectivity index (χ1n) is 7.94. The molecule has 2 rings (SSSR count). The summed E-state index contributed by atoms with van der Waals surface area (Å²) in [6.45, 7) is 10.1. The van der Waals surface area contributed by atoms with Crippen LogP contribution in [0.15, 0.2) is 30.3 Å². The van der Waals surface area contributed by atoms with Crippen molar-refractivity contribution in [2.24, 2.45) is 0 Å². The molecule has 0 amide bonds. The van der Waals surface area contributed by atoms with Crippen LogP contribution >= 0.6 is 7.60 Å². The summed E-state index contributed by atoms with van der Waals surface area (Å²) < 4.78 is 31.1. The summed E-state index contributed by atoms with van der Waals surface area (Å²) in [6.07, 6.45) is 0.345. The van der Waals surface area contributed by atoms with Gasteiger partial charge in [-0.25, -0.2) is 0 Å². The maximum Gasteiger partial charge on any atom is 0.337 e. The fraction of sp³-hybridized carbons (Fsp3) is 0.647. The summed E-state index contributed by atoms with van der Waals surface area (Å²) in [5.74, 6) is 0. The second-order valence-corrected chi connectivity index (χ2v) is 8.60. The molecular formula is C17H27O4P. The van der Waals surface area contributed by atoms with E-state index in [2.05, 4.69) is 0 Å². The highest BCUT2D eigenvalue weighted by molar-refractivity contribution is 7.54. The van der Waals surface area contributed by atoms with Crippen molar-refractivity contribution in [1.29, 1.82) is 0 Å². The van der Waals surface area contributed by atoms with Crippen molar-refractivity contribution < 1.29 is 18.3 Å². The molecule has 0 aromatic heterocycles. The first-order valence-corrected chi connectivity index (χ1v) is 9.55. The molecule has 1 fully saturated rings. The van der Waals surface area contributed by atoms with E-state index in [1.165, 1.54) is 0 Å². The lowest BCUT2D eigenvalue weighted by atomic mass is 9.92. The Bertz CT molecular complexity index is 515. The Morgan fingerprint density at radius 3 is 2.18 bits per heavy atom. The zero-order chi connectivity index (χ0) is 16.4. The lowest BCUT2D eigenvalue weighted by molar-refractivity contribution is 0.0108. The Hall–Kier alpha value is -0.670. The van der Waals surface area contributed by atoms with Crippen molar-refractivity contribution >= 4 is 7.60 Å². The summed E-state index contributed by atoms with van der Waals surface area (Å²) in [5.41, 5.74) is 0.0604. The van der Waals surface area contributed by atoms with Gasteiger partial charge in [-0.15, -0.1) is 0 Å². The van der Waals surface area contributed by atoms with Crippen LogP contribution in [0, 0.1) is 0 Å². The van der Waals surface area contributed by atoms with E-state index in [-0.39, 0.29) is 17.9 Å². The van der Waals surface area contributed by atoms with Crippen LogP contribution < -0.4 is 0 Å². The summed E-state index contributed by atoms with van der Waals surface area (Å²) in [5, 5.41) is 0.